The monoisotopic (exact) mass is 967 g/mol. The van der Waals surface area contributed by atoms with Crippen LogP contribution in [0.1, 0.15) is 11.1 Å². The van der Waals surface area contributed by atoms with Crippen LogP contribution in [-0.2, 0) is 45.3 Å². The summed E-state index contributed by atoms with van der Waals surface area (Å²) in [5.41, 5.74) is 4.35. The average Bonchev–Trinajstić information content (AvgIpc) is 3.26. The summed E-state index contributed by atoms with van der Waals surface area (Å²) in [6.45, 7) is 0. The van der Waals surface area contributed by atoms with E-state index in [0.717, 1.165) is 30.0 Å². The zero-order valence-corrected chi connectivity index (χ0v) is 36.4. The quantitative estimate of drug-likeness (QED) is 0.0378. The maximum atomic E-state index is 13.5. The van der Waals surface area contributed by atoms with Gasteiger partial charge in [-0.1, -0.05) is 48.5 Å². The van der Waals surface area contributed by atoms with Gasteiger partial charge in [-0.25, -0.2) is 0 Å². The summed E-state index contributed by atoms with van der Waals surface area (Å²) < 4.78 is 136. The molecule has 0 spiro atoms. The summed E-state index contributed by atoms with van der Waals surface area (Å²) in [6, 6.07) is 32.0. The lowest BCUT2D eigenvalue weighted by atomic mass is 9.94. The van der Waals surface area contributed by atoms with E-state index in [1.807, 2.05) is 30.3 Å². The minimum Gasteiger partial charge on any atom is -0.356 e. The number of carbonyl (C=O) groups is 1. The Labute approximate surface area is 374 Å². The zero-order chi connectivity index (χ0) is 47.2. The van der Waals surface area contributed by atoms with E-state index >= 15 is 0 Å². The van der Waals surface area contributed by atoms with Crippen LogP contribution in [0.25, 0.3) is 27.6 Å². The summed E-state index contributed by atoms with van der Waals surface area (Å²) in [7, 11) is -19.6. The third-order valence-corrected chi connectivity index (χ3v) is 13.3. The Morgan fingerprint density at radius 3 is 1.65 bits per heavy atom. The van der Waals surface area contributed by atoms with Crippen LogP contribution in [-0.4, -0.2) is 63.4 Å². The van der Waals surface area contributed by atoms with E-state index in [1.54, 1.807) is 48.5 Å². The number of benzene rings is 7. The van der Waals surface area contributed by atoms with Crippen molar-refractivity contribution in [3.05, 3.63) is 149 Å². The van der Waals surface area contributed by atoms with Gasteiger partial charge in [-0.15, -0.1) is 20.5 Å². The van der Waals surface area contributed by atoms with Crippen molar-refractivity contribution < 1.29 is 56.7 Å². The predicted octanol–water partition coefficient (Wildman–Crippen LogP) is 8.94. The van der Waals surface area contributed by atoms with E-state index in [0.29, 0.717) is 34.3 Å². The predicted molar refractivity (Wildman–Crippen MR) is 243 cm³/mol. The first-order chi connectivity index (χ1) is 31.1. The second-order valence-corrected chi connectivity index (χ2v) is 19.7. The highest BCUT2D eigenvalue weighted by atomic mass is 32.2. The van der Waals surface area contributed by atoms with Gasteiger partial charge in [-0.05, 0) is 96.6 Å². The number of hydrogen-bond acceptors (Lipinski definition) is 16. The number of nitrogens with one attached hydrogen (secondary N) is 2. The number of hydrazone groups is 1. The van der Waals surface area contributed by atoms with Crippen molar-refractivity contribution in [2.75, 3.05) is 10.7 Å². The molecule has 0 radical (unpaired) electrons. The molecule has 6 N–H and O–H groups in total. The first-order valence-corrected chi connectivity index (χ1v) is 24.4. The standard InChI is InChI=1S/C42H29N7O13S4/c50-42-40(66(60,61)62)21-24-20-26(43-25-6-2-1-3-7-25)10-13-29(24)41(42)49-47-35-16-15-34(30-8-4-5-9-31(30)35)44-46-37-18-17-36(32-14-11-27(22-33(32)37)63(51,52)53)45-48-38-23-28(64(54,55)56)12-19-39(38)65(57,58)59/h1-23,43,47H,(H,51,52,53)(H,54,55,56)(H,57,58,59)(H,60,61,62)/b46-44?,48-45?,49-41-. The fourth-order valence-corrected chi connectivity index (χ4v) is 9.01. The lowest BCUT2D eigenvalue weighted by Gasteiger charge is -2.18. The van der Waals surface area contributed by atoms with E-state index in [9.17, 15) is 56.7 Å². The number of nitrogens with zero attached hydrogens (tertiary/aromatic N) is 5. The molecule has 7 aromatic rings. The Bertz CT molecular complexity index is 3790. The highest BCUT2D eigenvalue weighted by Crippen LogP contribution is 2.39. The van der Waals surface area contributed by atoms with Gasteiger partial charge in [0.2, 0.25) is 5.78 Å². The number of fused-ring (bicyclic) bond motifs is 3. The SMILES string of the molecule is O=C1C(S(=O)(=O)O)=Cc2cc(Nc3ccccc3)ccc2/C1=N/Nc1ccc(N=Nc2ccc(N=Nc3cc(S(=O)(=O)O)ccc3S(=O)(=O)O)c3ccc(S(=O)(=O)O)cc23)c2ccccc12. The van der Waals surface area contributed by atoms with Gasteiger partial charge in [0.1, 0.15) is 21.2 Å². The number of rotatable bonds is 12. The molecule has 0 bridgehead atoms. The molecule has 1 aliphatic rings. The van der Waals surface area contributed by atoms with Gasteiger partial charge in [0, 0.05) is 38.5 Å². The van der Waals surface area contributed by atoms with Crippen molar-refractivity contribution in [3.63, 3.8) is 0 Å². The van der Waals surface area contributed by atoms with Crippen LogP contribution < -0.4 is 10.7 Å². The first-order valence-electron chi connectivity index (χ1n) is 18.7. The Balaban J connectivity index is 1.15. The number of hydrogen-bond donors (Lipinski definition) is 6. The fourth-order valence-electron chi connectivity index (χ4n) is 6.80. The number of anilines is 3. The van der Waals surface area contributed by atoms with E-state index in [1.165, 1.54) is 24.3 Å². The Kier molecular flexibility index (Phi) is 11.8. The van der Waals surface area contributed by atoms with Crippen LogP contribution in [0, 0.1) is 0 Å². The molecule has 0 atom stereocenters. The molecule has 0 aliphatic heterocycles. The normalized spacial score (nSPS) is 14.3. The molecule has 0 heterocycles. The van der Waals surface area contributed by atoms with Crippen molar-refractivity contribution in [1.29, 1.82) is 0 Å². The largest absolute Gasteiger partial charge is 0.356 e. The summed E-state index contributed by atoms with van der Waals surface area (Å²) in [5.74, 6) is -1.05. The minimum absolute atomic E-state index is 0.0402. The average molecular weight is 968 g/mol. The maximum absolute atomic E-state index is 13.5. The molecule has 0 unspecified atom stereocenters. The van der Waals surface area contributed by atoms with Crippen LogP contribution in [0.4, 0.5) is 39.8 Å². The number of azo groups is 2. The Morgan fingerprint density at radius 1 is 0.455 bits per heavy atom. The molecule has 24 heteroatoms. The van der Waals surface area contributed by atoms with Crippen molar-refractivity contribution >= 4 is 119 Å². The molecule has 66 heavy (non-hydrogen) atoms. The van der Waals surface area contributed by atoms with Crippen LogP contribution in [0.3, 0.4) is 0 Å². The molecular weight excluding hydrogens is 939 g/mol. The molecule has 0 amide bonds. The first kappa shape index (κ1) is 45.2. The number of para-hydroxylation sites is 1. The molecule has 7 aromatic carbocycles. The van der Waals surface area contributed by atoms with E-state index in [-0.39, 0.29) is 44.7 Å². The maximum Gasteiger partial charge on any atom is 0.298 e. The van der Waals surface area contributed by atoms with Crippen molar-refractivity contribution in [1.82, 2.24) is 0 Å². The molecule has 8 rings (SSSR count). The smallest absolute Gasteiger partial charge is 0.298 e. The van der Waals surface area contributed by atoms with Gasteiger partial charge >= 0.3 is 0 Å². The highest BCUT2D eigenvalue weighted by molar-refractivity contribution is 7.91. The number of ketones is 1. The van der Waals surface area contributed by atoms with E-state index in [2.05, 4.69) is 36.3 Å². The topological polar surface area (TPSA) is 320 Å². The lowest BCUT2D eigenvalue weighted by molar-refractivity contribution is -0.109. The van der Waals surface area contributed by atoms with Crippen LogP contribution >= 0.6 is 0 Å². The lowest BCUT2D eigenvalue weighted by Crippen LogP contribution is -2.27. The van der Waals surface area contributed by atoms with Gasteiger partial charge in [-0.2, -0.15) is 38.8 Å². The summed E-state index contributed by atoms with van der Waals surface area (Å²) in [4.78, 5) is 10.5. The van der Waals surface area contributed by atoms with Crippen molar-refractivity contribution in [2.45, 2.75) is 14.7 Å². The summed E-state index contributed by atoms with van der Waals surface area (Å²) in [5, 5.41) is 25.3. The second-order valence-electron chi connectivity index (χ2n) is 14.1. The number of Topliss-reactive ketones (excluding diaryl/α,β-unsaturated/α-hetero) is 1. The zero-order valence-electron chi connectivity index (χ0n) is 33.1. The fraction of sp³-hybridized carbons (Fsp3) is 0. The molecule has 0 saturated carbocycles. The highest BCUT2D eigenvalue weighted by Gasteiger charge is 2.33. The van der Waals surface area contributed by atoms with Crippen LogP contribution in [0.5, 0.6) is 0 Å². The van der Waals surface area contributed by atoms with Gasteiger partial charge in [-0.3, -0.25) is 28.4 Å². The third-order valence-electron chi connectivity index (χ3n) is 9.84. The van der Waals surface area contributed by atoms with Crippen molar-refractivity contribution in [2.24, 2.45) is 25.6 Å². The second kappa shape index (κ2) is 17.2. The van der Waals surface area contributed by atoms with Gasteiger partial charge in [0.05, 0.1) is 32.5 Å². The van der Waals surface area contributed by atoms with Crippen LogP contribution in [0.15, 0.2) is 179 Å². The van der Waals surface area contributed by atoms with Crippen molar-refractivity contribution in [3.8, 4) is 0 Å². The molecule has 334 valence electrons. The van der Waals surface area contributed by atoms with Gasteiger partial charge in [0.25, 0.3) is 40.5 Å². The summed E-state index contributed by atoms with van der Waals surface area (Å²) >= 11 is 0. The molecule has 0 saturated heterocycles. The van der Waals surface area contributed by atoms with Crippen LogP contribution in [0.2, 0.25) is 0 Å². The molecule has 20 nitrogen and oxygen atoms in total. The number of allylic oxidation sites excluding steroid dienone is 1. The number of carbonyl (C=O) groups excluding carboxylic acids is 1. The van der Waals surface area contributed by atoms with E-state index in [4.69, 9.17) is 0 Å². The Morgan fingerprint density at radius 2 is 1.02 bits per heavy atom. The minimum atomic E-state index is -4.97. The van der Waals surface area contributed by atoms with E-state index < -0.39 is 71.5 Å². The molecule has 0 aromatic heterocycles. The van der Waals surface area contributed by atoms with Gasteiger partial charge in [0.15, 0.2) is 0 Å². The molecule has 0 fully saturated rings. The van der Waals surface area contributed by atoms with Gasteiger partial charge < -0.3 is 5.32 Å². The molecule has 1 aliphatic carbocycles. The third kappa shape index (κ3) is 9.51. The Hall–Kier alpha value is -7.42. The summed E-state index contributed by atoms with van der Waals surface area (Å²) in [6.07, 6.45) is 1.07. The molecular formula is C42H29N7O13S4.